The maximum Gasteiger partial charge on any atom is 0.201 e. The lowest BCUT2D eigenvalue weighted by Crippen LogP contribution is -2.48. The number of fused-ring (bicyclic) bond motifs is 2. The molecular formula is C37H42ClN2O6+. The van der Waals surface area contributed by atoms with Gasteiger partial charge >= 0.3 is 0 Å². The van der Waals surface area contributed by atoms with Crippen molar-refractivity contribution in [3.05, 3.63) is 94.0 Å². The summed E-state index contributed by atoms with van der Waals surface area (Å²) in [6.45, 7) is 1.84. The molecule has 4 heterocycles. The molecule has 0 fully saturated rings. The molecule has 4 aromatic carbocycles. The number of phenolic OH excluding ortho intramolecular Hbond substituents is 2. The van der Waals surface area contributed by atoms with E-state index in [-0.39, 0.29) is 36.0 Å². The highest BCUT2D eigenvalue weighted by Crippen LogP contribution is 2.51. The monoisotopic (exact) mass is 645 g/mol. The van der Waals surface area contributed by atoms with Gasteiger partial charge < -0.3 is 33.6 Å². The van der Waals surface area contributed by atoms with Gasteiger partial charge in [-0.15, -0.1) is 12.4 Å². The van der Waals surface area contributed by atoms with E-state index < -0.39 is 0 Å². The smallest absolute Gasteiger partial charge is 0.201 e. The summed E-state index contributed by atoms with van der Waals surface area (Å²) in [5.74, 6) is 3.14. The predicted molar refractivity (Wildman–Crippen MR) is 180 cm³/mol. The summed E-state index contributed by atoms with van der Waals surface area (Å²) in [5.41, 5.74) is 6.66. The molecule has 8 nitrogen and oxygen atoms in total. The van der Waals surface area contributed by atoms with Gasteiger partial charge in [0.15, 0.2) is 34.5 Å². The third kappa shape index (κ3) is 5.59. The molecule has 0 radical (unpaired) electrons. The minimum atomic E-state index is -0.0503. The Labute approximate surface area is 276 Å². The van der Waals surface area contributed by atoms with Gasteiger partial charge in [0, 0.05) is 25.4 Å². The molecule has 2 atom stereocenters. The first kappa shape index (κ1) is 31.9. The third-order valence-electron chi connectivity index (χ3n) is 9.99. The van der Waals surface area contributed by atoms with E-state index in [1.807, 2.05) is 30.3 Å². The first-order chi connectivity index (χ1) is 21.6. The second-order valence-electron chi connectivity index (χ2n) is 13.1. The average Bonchev–Trinajstić information content (AvgIpc) is 3.03. The number of nitrogens with zero attached hydrogens (tertiary/aromatic N) is 2. The lowest BCUT2D eigenvalue weighted by atomic mass is 9.86. The SMILES string of the molecule is COc1cc2c3cc1Oc1cc(ccc1O)C[C@@H]1c4c(cc(OC)c(O)c4Oc4ccc(cc4)C[C@@H]3N(C)CC2)CC[N+]1(C)C.Cl. The Hall–Kier alpha value is -4.11. The maximum atomic E-state index is 11.5. The van der Waals surface area contributed by atoms with E-state index in [4.69, 9.17) is 18.9 Å². The molecule has 4 aromatic rings. The van der Waals surface area contributed by atoms with Crippen LogP contribution in [0.15, 0.2) is 60.7 Å². The Bertz CT molecular complexity index is 1770. The lowest BCUT2D eigenvalue weighted by Gasteiger charge is -2.43. The molecule has 46 heavy (non-hydrogen) atoms. The molecule has 0 saturated carbocycles. The standard InChI is InChI=1S/C37H40N2O6.ClH/c1-38-14-12-24-19-32(42-4)33-21-27(24)28(38)16-22-6-9-26(10-7-22)44-37-35-25(20-34(43-5)36(37)41)13-15-39(2,3)29(35)17-23-8-11-30(40)31(18-23)45-33;/h6-11,18-21,28-29H,12-17H2,1-5H3,(H-,40,41);1H/p+1/t28-,29+;/m0./s1. The highest BCUT2D eigenvalue weighted by Gasteiger charge is 2.41. The van der Waals surface area contributed by atoms with Gasteiger partial charge in [-0.3, -0.25) is 4.90 Å². The Kier molecular flexibility index (Phi) is 8.48. The van der Waals surface area contributed by atoms with Gasteiger partial charge in [0.25, 0.3) is 0 Å². The van der Waals surface area contributed by atoms with Crippen LogP contribution in [0.4, 0.5) is 0 Å². The fraction of sp³-hybridized carbons (Fsp3) is 0.351. The lowest BCUT2D eigenvalue weighted by molar-refractivity contribution is -0.923. The summed E-state index contributed by atoms with van der Waals surface area (Å²) < 4.78 is 25.2. The molecule has 0 unspecified atom stereocenters. The number of halogens is 1. The third-order valence-corrected chi connectivity index (χ3v) is 9.99. The second kappa shape index (κ2) is 12.2. The average molecular weight is 646 g/mol. The first-order valence-electron chi connectivity index (χ1n) is 15.6. The van der Waals surface area contributed by atoms with Gasteiger partial charge in [-0.2, -0.15) is 0 Å². The molecule has 0 aliphatic carbocycles. The zero-order valence-corrected chi connectivity index (χ0v) is 27.8. The number of benzene rings is 4. The van der Waals surface area contributed by atoms with E-state index >= 15 is 0 Å². The van der Waals surface area contributed by atoms with Crippen LogP contribution < -0.4 is 18.9 Å². The van der Waals surface area contributed by atoms with Gasteiger partial charge in [-0.1, -0.05) is 18.2 Å². The van der Waals surface area contributed by atoms with Crippen molar-refractivity contribution in [1.82, 2.24) is 4.90 Å². The van der Waals surface area contributed by atoms with Crippen molar-refractivity contribution in [3.63, 3.8) is 0 Å². The van der Waals surface area contributed by atoms with E-state index in [1.165, 1.54) is 16.7 Å². The molecule has 2 N–H and O–H groups in total. The number of ether oxygens (including phenoxy) is 4. The van der Waals surface area contributed by atoms with Crippen LogP contribution in [-0.4, -0.2) is 68.0 Å². The fourth-order valence-corrected chi connectivity index (χ4v) is 7.27. The summed E-state index contributed by atoms with van der Waals surface area (Å²) in [6.07, 6.45) is 3.16. The largest absolute Gasteiger partial charge is 0.504 e. The van der Waals surface area contributed by atoms with Crippen molar-refractivity contribution in [3.8, 4) is 46.0 Å². The zero-order valence-electron chi connectivity index (χ0n) is 27.0. The van der Waals surface area contributed by atoms with Crippen LogP contribution in [0.25, 0.3) is 0 Å². The molecule has 0 saturated heterocycles. The molecular weight excluding hydrogens is 604 g/mol. The Morgan fingerprint density at radius 1 is 0.804 bits per heavy atom. The minimum Gasteiger partial charge on any atom is -0.504 e. The normalized spacial score (nSPS) is 19.8. The number of rotatable bonds is 2. The molecule has 0 spiro atoms. The van der Waals surface area contributed by atoms with Crippen molar-refractivity contribution in [1.29, 1.82) is 0 Å². The van der Waals surface area contributed by atoms with Crippen molar-refractivity contribution in [2.75, 3.05) is 48.5 Å². The highest BCUT2D eigenvalue weighted by atomic mass is 35.5. The number of hydrogen-bond acceptors (Lipinski definition) is 7. The summed E-state index contributed by atoms with van der Waals surface area (Å²) in [5, 5.41) is 22.4. The molecule has 0 amide bonds. The molecule has 4 aliphatic heterocycles. The number of aromatic hydroxyl groups is 2. The topological polar surface area (TPSA) is 80.6 Å². The number of hydrogen-bond donors (Lipinski definition) is 2. The fourth-order valence-electron chi connectivity index (χ4n) is 7.27. The summed E-state index contributed by atoms with van der Waals surface area (Å²) in [6, 6.07) is 19.9. The van der Waals surface area contributed by atoms with Crippen LogP contribution >= 0.6 is 12.4 Å². The quantitative estimate of drug-likeness (QED) is 0.225. The van der Waals surface area contributed by atoms with Gasteiger partial charge in [0.1, 0.15) is 11.8 Å². The minimum absolute atomic E-state index is 0. The first-order valence-corrected chi connectivity index (χ1v) is 15.6. The second-order valence-corrected chi connectivity index (χ2v) is 13.1. The number of phenols is 2. The van der Waals surface area contributed by atoms with Crippen LogP contribution in [0.2, 0.25) is 0 Å². The van der Waals surface area contributed by atoms with E-state index in [9.17, 15) is 10.2 Å². The number of quaternary nitrogens is 1. The molecule has 8 rings (SSSR count). The van der Waals surface area contributed by atoms with Crippen molar-refractivity contribution < 1.29 is 33.6 Å². The zero-order chi connectivity index (χ0) is 31.5. The molecule has 0 aromatic heterocycles. The Morgan fingerprint density at radius 3 is 2.26 bits per heavy atom. The van der Waals surface area contributed by atoms with Crippen molar-refractivity contribution >= 4 is 12.4 Å². The summed E-state index contributed by atoms with van der Waals surface area (Å²) >= 11 is 0. The van der Waals surface area contributed by atoms with Crippen LogP contribution in [0.5, 0.6) is 46.0 Å². The van der Waals surface area contributed by atoms with E-state index in [2.05, 4.69) is 50.3 Å². The van der Waals surface area contributed by atoms with Crippen LogP contribution in [0.3, 0.4) is 0 Å². The summed E-state index contributed by atoms with van der Waals surface area (Å²) in [4.78, 5) is 2.38. The van der Waals surface area contributed by atoms with E-state index in [1.54, 1.807) is 20.3 Å². The van der Waals surface area contributed by atoms with Crippen LogP contribution in [-0.2, 0) is 25.7 Å². The van der Waals surface area contributed by atoms with Crippen molar-refractivity contribution in [2.24, 2.45) is 0 Å². The van der Waals surface area contributed by atoms with Crippen molar-refractivity contribution in [2.45, 2.75) is 37.8 Å². The van der Waals surface area contributed by atoms with Gasteiger partial charge in [0.05, 0.1) is 40.4 Å². The number of likely N-dealkylation sites (N-methyl/N-ethyl adjacent to an activating group) is 2. The summed E-state index contributed by atoms with van der Waals surface area (Å²) in [7, 11) is 9.80. The van der Waals surface area contributed by atoms with Gasteiger partial charge in [-0.25, -0.2) is 0 Å². The molecule has 9 heteroatoms. The maximum absolute atomic E-state index is 11.5. The molecule has 242 valence electrons. The van der Waals surface area contributed by atoms with E-state index in [0.717, 1.165) is 49.0 Å². The molecule has 4 aliphatic rings. The highest BCUT2D eigenvalue weighted by molar-refractivity contribution is 5.85. The van der Waals surface area contributed by atoms with Gasteiger partial charge in [-0.05, 0) is 90.2 Å². The van der Waals surface area contributed by atoms with Crippen LogP contribution in [0.1, 0.15) is 45.5 Å². The number of methoxy groups -OCH3 is 2. The predicted octanol–water partition coefficient (Wildman–Crippen LogP) is 7.12. The Balaban J connectivity index is 0.00000372. The van der Waals surface area contributed by atoms with Crippen LogP contribution in [0, 0.1) is 0 Å². The molecule has 6 bridgehead atoms. The van der Waals surface area contributed by atoms with E-state index in [0.29, 0.717) is 45.4 Å². The Morgan fingerprint density at radius 2 is 1.52 bits per heavy atom. The van der Waals surface area contributed by atoms with Gasteiger partial charge in [0.2, 0.25) is 5.75 Å².